The van der Waals surface area contributed by atoms with Gasteiger partial charge in [-0.15, -0.1) is 0 Å². The maximum absolute atomic E-state index is 12.3. The lowest BCUT2D eigenvalue weighted by molar-refractivity contribution is 0.598. The van der Waals surface area contributed by atoms with Gasteiger partial charge < -0.3 is 5.43 Å². The van der Waals surface area contributed by atoms with E-state index in [4.69, 9.17) is 5.84 Å². The Morgan fingerprint density at radius 2 is 1.81 bits per heavy atom. The largest absolute Gasteiger partial charge is 0.321 e. The molecule has 1 heterocycles. The molecule has 2 aromatic rings. The number of hydrogen-bond acceptors (Lipinski definition) is 5. The number of nitrogens with one attached hydrogen (secondary N) is 2. The summed E-state index contributed by atoms with van der Waals surface area (Å²) in [6, 6.07) is 10.4. The SMILES string of the molecule is CC(C)c1ccc(NS(=O)(=O)c2ncccc2NN)cc1. The molecule has 6 nitrogen and oxygen atoms in total. The molecule has 112 valence electrons. The van der Waals surface area contributed by atoms with E-state index in [9.17, 15) is 8.42 Å². The minimum absolute atomic E-state index is 0.138. The van der Waals surface area contributed by atoms with Crippen molar-refractivity contribution in [1.82, 2.24) is 4.98 Å². The van der Waals surface area contributed by atoms with E-state index in [2.05, 4.69) is 29.0 Å². The van der Waals surface area contributed by atoms with Gasteiger partial charge in [-0.3, -0.25) is 10.6 Å². The summed E-state index contributed by atoms with van der Waals surface area (Å²) in [4.78, 5) is 3.87. The summed E-state index contributed by atoms with van der Waals surface area (Å²) < 4.78 is 27.2. The van der Waals surface area contributed by atoms with Gasteiger partial charge in [0.1, 0.15) is 0 Å². The van der Waals surface area contributed by atoms with Gasteiger partial charge in [0.05, 0.1) is 5.69 Å². The molecular weight excluding hydrogens is 288 g/mol. The van der Waals surface area contributed by atoms with Gasteiger partial charge in [-0.05, 0) is 35.7 Å². The molecule has 0 spiro atoms. The molecule has 0 fully saturated rings. The van der Waals surface area contributed by atoms with Crippen LogP contribution < -0.4 is 16.0 Å². The first-order valence-electron chi connectivity index (χ1n) is 6.48. The minimum atomic E-state index is -3.79. The van der Waals surface area contributed by atoms with Crippen molar-refractivity contribution in [1.29, 1.82) is 0 Å². The van der Waals surface area contributed by atoms with Crippen LogP contribution in [0.4, 0.5) is 11.4 Å². The predicted molar refractivity (Wildman–Crippen MR) is 83.4 cm³/mol. The Morgan fingerprint density at radius 1 is 1.14 bits per heavy atom. The van der Waals surface area contributed by atoms with E-state index in [1.54, 1.807) is 24.3 Å². The molecule has 0 atom stereocenters. The fourth-order valence-corrected chi connectivity index (χ4v) is 3.01. The molecule has 0 unspecified atom stereocenters. The third kappa shape index (κ3) is 3.50. The standard InChI is InChI=1S/C14H18N4O2S/c1-10(2)11-5-7-12(8-6-11)18-21(19,20)14-13(17-15)4-3-9-16-14/h3-10,17-18H,15H2,1-2H3. The second-order valence-electron chi connectivity index (χ2n) is 4.88. The van der Waals surface area contributed by atoms with Crippen molar-refractivity contribution in [3.8, 4) is 0 Å². The van der Waals surface area contributed by atoms with Gasteiger partial charge in [0.25, 0.3) is 10.0 Å². The van der Waals surface area contributed by atoms with Crippen LogP contribution in [0.1, 0.15) is 25.3 Å². The summed E-state index contributed by atoms with van der Waals surface area (Å²) in [7, 11) is -3.79. The average Bonchev–Trinajstić information content (AvgIpc) is 2.47. The Hall–Kier alpha value is -2.12. The second kappa shape index (κ2) is 6.11. The van der Waals surface area contributed by atoms with Gasteiger partial charge in [-0.1, -0.05) is 26.0 Å². The van der Waals surface area contributed by atoms with Crippen molar-refractivity contribution in [3.05, 3.63) is 48.2 Å². The Bertz CT molecular complexity index is 712. The Labute approximate surface area is 124 Å². The van der Waals surface area contributed by atoms with Crippen molar-refractivity contribution in [3.63, 3.8) is 0 Å². The van der Waals surface area contributed by atoms with Crippen molar-refractivity contribution in [2.24, 2.45) is 5.84 Å². The average molecular weight is 306 g/mol. The molecule has 0 saturated heterocycles. The van der Waals surface area contributed by atoms with Crippen LogP contribution in [-0.4, -0.2) is 13.4 Å². The van der Waals surface area contributed by atoms with Crippen LogP contribution in [0.3, 0.4) is 0 Å². The van der Waals surface area contributed by atoms with Gasteiger partial charge in [-0.25, -0.2) is 4.98 Å². The third-order valence-electron chi connectivity index (χ3n) is 3.01. The summed E-state index contributed by atoms with van der Waals surface area (Å²) in [6.07, 6.45) is 1.40. The fourth-order valence-electron chi connectivity index (χ4n) is 1.85. The number of anilines is 2. The second-order valence-corrected chi connectivity index (χ2v) is 6.48. The van der Waals surface area contributed by atoms with E-state index in [-0.39, 0.29) is 10.7 Å². The zero-order valence-corrected chi connectivity index (χ0v) is 12.7. The molecule has 1 aromatic carbocycles. The van der Waals surface area contributed by atoms with Crippen molar-refractivity contribution in [2.75, 3.05) is 10.1 Å². The van der Waals surface area contributed by atoms with E-state index in [1.165, 1.54) is 6.20 Å². The summed E-state index contributed by atoms with van der Waals surface area (Å²) in [5, 5.41) is -0.138. The van der Waals surface area contributed by atoms with Crippen molar-refractivity contribution >= 4 is 21.4 Å². The van der Waals surface area contributed by atoms with E-state index in [0.29, 0.717) is 11.6 Å². The Balaban J connectivity index is 2.29. The molecule has 21 heavy (non-hydrogen) atoms. The topological polar surface area (TPSA) is 97.1 Å². The molecule has 0 aliphatic carbocycles. The normalized spacial score (nSPS) is 11.4. The van der Waals surface area contributed by atoms with Crippen LogP contribution in [0.5, 0.6) is 0 Å². The number of sulfonamides is 1. The first-order valence-corrected chi connectivity index (χ1v) is 7.97. The van der Waals surface area contributed by atoms with E-state index in [1.807, 2.05) is 12.1 Å². The summed E-state index contributed by atoms with van der Waals surface area (Å²) in [5.74, 6) is 5.70. The van der Waals surface area contributed by atoms with Crippen LogP contribution in [0.15, 0.2) is 47.6 Å². The number of nitrogen functional groups attached to an aromatic ring is 1. The number of rotatable bonds is 5. The number of nitrogens with two attached hydrogens (primary N) is 1. The number of benzene rings is 1. The Morgan fingerprint density at radius 3 is 2.38 bits per heavy atom. The smallest absolute Gasteiger partial charge is 0.281 e. The zero-order chi connectivity index (χ0) is 15.5. The molecule has 7 heteroatoms. The lowest BCUT2D eigenvalue weighted by atomic mass is 10.0. The van der Waals surface area contributed by atoms with Crippen LogP contribution >= 0.6 is 0 Å². The lowest BCUT2D eigenvalue weighted by Gasteiger charge is -2.11. The first-order chi connectivity index (χ1) is 9.94. The first kappa shape index (κ1) is 15.3. The molecule has 0 aliphatic heterocycles. The Kier molecular flexibility index (Phi) is 4.44. The fraction of sp³-hybridized carbons (Fsp3) is 0.214. The summed E-state index contributed by atoms with van der Waals surface area (Å²) in [5.41, 5.74) is 4.19. The molecule has 0 aliphatic rings. The highest BCUT2D eigenvalue weighted by atomic mass is 32.2. The molecule has 0 bridgehead atoms. The monoisotopic (exact) mass is 306 g/mol. The van der Waals surface area contributed by atoms with Crippen LogP contribution in [0, 0.1) is 0 Å². The maximum Gasteiger partial charge on any atom is 0.281 e. The quantitative estimate of drug-likeness (QED) is 0.581. The molecule has 4 N–H and O–H groups in total. The third-order valence-corrected chi connectivity index (χ3v) is 4.35. The van der Waals surface area contributed by atoms with Crippen LogP contribution in [0.25, 0.3) is 0 Å². The summed E-state index contributed by atoms with van der Waals surface area (Å²) >= 11 is 0. The van der Waals surface area contributed by atoms with Gasteiger partial charge in [-0.2, -0.15) is 8.42 Å². The number of hydrazine groups is 1. The van der Waals surface area contributed by atoms with Gasteiger partial charge in [0.2, 0.25) is 5.03 Å². The van der Waals surface area contributed by atoms with Gasteiger partial charge in [0.15, 0.2) is 0 Å². The molecule has 2 rings (SSSR count). The molecule has 0 radical (unpaired) electrons. The minimum Gasteiger partial charge on any atom is -0.321 e. The number of nitrogens with zero attached hydrogens (tertiary/aromatic N) is 1. The number of pyridine rings is 1. The predicted octanol–water partition coefficient (Wildman–Crippen LogP) is 2.29. The highest BCUT2D eigenvalue weighted by Crippen LogP contribution is 2.22. The number of hydrogen-bond donors (Lipinski definition) is 3. The van der Waals surface area contributed by atoms with Crippen molar-refractivity contribution < 1.29 is 8.42 Å². The molecular formula is C14H18N4O2S. The highest BCUT2D eigenvalue weighted by molar-refractivity contribution is 7.92. The van der Waals surface area contributed by atoms with E-state index < -0.39 is 10.0 Å². The maximum atomic E-state index is 12.3. The highest BCUT2D eigenvalue weighted by Gasteiger charge is 2.19. The molecule has 0 amide bonds. The lowest BCUT2D eigenvalue weighted by Crippen LogP contribution is -2.18. The van der Waals surface area contributed by atoms with E-state index in [0.717, 1.165) is 5.56 Å². The van der Waals surface area contributed by atoms with Crippen LogP contribution in [-0.2, 0) is 10.0 Å². The molecule has 0 saturated carbocycles. The zero-order valence-electron chi connectivity index (χ0n) is 11.9. The van der Waals surface area contributed by atoms with E-state index >= 15 is 0 Å². The van der Waals surface area contributed by atoms with Crippen LogP contribution in [0.2, 0.25) is 0 Å². The summed E-state index contributed by atoms with van der Waals surface area (Å²) in [6.45, 7) is 4.15. The van der Waals surface area contributed by atoms with Crippen molar-refractivity contribution in [2.45, 2.75) is 24.8 Å². The van der Waals surface area contributed by atoms with Gasteiger partial charge >= 0.3 is 0 Å². The number of aromatic nitrogens is 1. The van der Waals surface area contributed by atoms with Gasteiger partial charge in [0, 0.05) is 11.9 Å². The molecule has 1 aromatic heterocycles.